The lowest BCUT2D eigenvalue weighted by Crippen LogP contribution is -2.59. The molecule has 0 radical (unpaired) electrons. The van der Waals surface area contributed by atoms with Crippen LogP contribution in [0, 0.1) is 5.92 Å². The Balaban J connectivity index is 1.46. The van der Waals surface area contributed by atoms with Gasteiger partial charge in [-0.1, -0.05) is 61.5 Å². The van der Waals surface area contributed by atoms with Gasteiger partial charge in [-0.05, 0) is 54.4 Å². The molecule has 5 amide bonds. The number of nitrogens with two attached hydrogens (primary N) is 1. The van der Waals surface area contributed by atoms with Crippen LogP contribution in [-0.2, 0) is 48.3 Å². The van der Waals surface area contributed by atoms with E-state index in [-0.39, 0.29) is 37.9 Å². The third kappa shape index (κ3) is 9.19. The zero-order valence-corrected chi connectivity index (χ0v) is 28.1. The number of rotatable bonds is 7. The van der Waals surface area contributed by atoms with E-state index in [0.29, 0.717) is 50.9 Å². The highest BCUT2D eigenvalue weighted by atomic mass is 16.5. The predicted molar refractivity (Wildman–Crippen MR) is 180 cm³/mol. The molecule has 2 aliphatic rings. The minimum absolute atomic E-state index is 0.0441. The van der Waals surface area contributed by atoms with E-state index in [4.69, 9.17) is 10.5 Å². The third-order valence-corrected chi connectivity index (χ3v) is 9.06. The smallest absolute Gasteiger partial charge is 0.245 e. The number of aryl methyl sites for hydroxylation is 1. The highest BCUT2D eigenvalue weighted by Crippen LogP contribution is 2.22. The summed E-state index contributed by atoms with van der Waals surface area (Å²) in [5.74, 6) is -2.44. The van der Waals surface area contributed by atoms with E-state index in [2.05, 4.69) is 26.3 Å². The van der Waals surface area contributed by atoms with Gasteiger partial charge in [0.15, 0.2) is 0 Å². The van der Waals surface area contributed by atoms with Gasteiger partial charge in [0.25, 0.3) is 0 Å². The van der Waals surface area contributed by atoms with Gasteiger partial charge in [0.1, 0.15) is 24.2 Å². The van der Waals surface area contributed by atoms with Crippen molar-refractivity contribution in [1.29, 1.82) is 0 Å². The number of carbonyl (C=O) groups excluding carboxylic acids is 5. The van der Waals surface area contributed by atoms with Gasteiger partial charge in [-0.25, -0.2) is 4.68 Å². The Kier molecular flexibility index (Phi) is 11.9. The Labute approximate surface area is 285 Å². The molecule has 5 rings (SSSR count). The van der Waals surface area contributed by atoms with E-state index >= 15 is 0 Å². The van der Waals surface area contributed by atoms with Crippen molar-refractivity contribution in [2.24, 2.45) is 11.7 Å². The molecule has 0 saturated carbocycles. The third-order valence-electron chi connectivity index (χ3n) is 9.06. The first-order chi connectivity index (χ1) is 23.6. The van der Waals surface area contributed by atoms with Crippen LogP contribution in [0.2, 0.25) is 0 Å². The zero-order valence-electron chi connectivity index (χ0n) is 28.1. The molecular weight excluding hydrogens is 628 g/mol. The average molecular weight is 675 g/mol. The van der Waals surface area contributed by atoms with Crippen LogP contribution >= 0.6 is 0 Å². The Morgan fingerprint density at radius 2 is 1.82 bits per heavy atom. The lowest BCUT2D eigenvalue weighted by Gasteiger charge is -2.28. The number of carbonyl (C=O) groups is 5. The molecule has 3 heterocycles. The van der Waals surface area contributed by atoms with Crippen LogP contribution in [0.25, 0.3) is 10.8 Å². The van der Waals surface area contributed by atoms with Crippen molar-refractivity contribution < 1.29 is 28.7 Å². The molecule has 262 valence electrons. The van der Waals surface area contributed by atoms with Crippen molar-refractivity contribution in [3.63, 3.8) is 0 Å². The minimum Gasteiger partial charge on any atom is -0.372 e. The number of nitrogens with one attached hydrogen (secondary N) is 3. The van der Waals surface area contributed by atoms with E-state index in [1.165, 1.54) is 0 Å². The van der Waals surface area contributed by atoms with Crippen LogP contribution in [0.5, 0.6) is 0 Å². The first-order valence-electron chi connectivity index (χ1n) is 17.0. The van der Waals surface area contributed by atoms with Gasteiger partial charge in [0, 0.05) is 25.9 Å². The molecule has 5 N–H and O–H groups in total. The summed E-state index contributed by atoms with van der Waals surface area (Å²) in [5.41, 5.74) is 7.09. The highest BCUT2D eigenvalue weighted by Gasteiger charge is 2.37. The molecule has 0 unspecified atom stereocenters. The molecule has 2 aliphatic heterocycles. The monoisotopic (exact) mass is 674 g/mol. The summed E-state index contributed by atoms with van der Waals surface area (Å²) < 4.78 is 7.61. The number of aromatic nitrogens is 3. The maximum atomic E-state index is 14.2. The fraction of sp³-hybridized carbons (Fsp3) is 0.514. The first-order valence-corrected chi connectivity index (χ1v) is 17.0. The number of fused-ring (bicyclic) bond motifs is 3. The molecular formula is C35H46N8O6. The van der Waals surface area contributed by atoms with Gasteiger partial charge < -0.3 is 31.3 Å². The van der Waals surface area contributed by atoms with Crippen LogP contribution in [0.1, 0.15) is 63.6 Å². The average Bonchev–Trinajstić information content (AvgIpc) is 3.75. The van der Waals surface area contributed by atoms with Gasteiger partial charge in [0.05, 0.1) is 25.1 Å². The number of ether oxygens (including phenoxy) is 1. The molecule has 4 atom stereocenters. The largest absolute Gasteiger partial charge is 0.372 e. The maximum Gasteiger partial charge on any atom is 0.245 e. The first kappa shape index (κ1) is 35.5. The second kappa shape index (κ2) is 16.5. The van der Waals surface area contributed by atoms with Crippen molar-refractivity contribution in [2.75, 3.05) is 13.2 Å². The van der Waals surface area contributed by atoms with E-state index in [1.54, 1.807) is 15.8 Å². The van der Waals surface area contributed by atoms with E-state index in [0.717, 1.165) is 16.3 Å². The number of primary amides is 1. The lowest BCUT2D eigenvalue weighted by molar-refractivity contribution is -0.140. The summed E-state index contributed by atoms with van der Waals surface area (Å²) in [6.45, 7) is 4.57. The van der Waals surface area contributed by atoms with Crippen molar-refractivity contribution >= 4 is 40.3 Å². The lowest BCUT2D eigenvalue weighted by atomic mass is 9.97. The van der Waals surface area contributed by atoms with E-state index in [1.807, 2.05) is 56.3 Å². The Bertz CT molecular complexity index is 1650. The molecule has 0 aliphatic carbocycles. The number of benzene rings is 2. The van der Waals surface area contributed by atoms with E-state index < -0.39 is 47.8 Å². The molecule has 1 aromatic heterocycles. The fourth-order valence-electron chi connectivity index (χ4n) is 6.49. The number of hydrogen-bond donors (Lipinski definition) is 4. The summed E-state index contributed by atoms with van der Waals surface area (Å²) >= 11 is 0. The summed E-state index contributed by atoms with van der Waals surface area (Å²) in [4.78, 5) is 68.8. The van der Waals surface area contributed by atoms with Crippen LogP contribution in [0.4, 0.5) is 0 Å². The quantitative estimate of drug-likeness (QED) is 0.289. The van der Waals surface area contributed by atoms with Crippen molar-refractivity contribution in [3.05, 3.63) is 59.9 Å². The van der Waals surface area contributed by atoms with Gasteiger partial charge in [0.2, 0.25) is 29.5 Å². The second-order valence-corrected chi connectivity index (χ2v) is 13.2. The van der Waals surface area contributed by atoms with Crippen molar-refractivity contribution in [2.45, 2.75) is 96.1 Å². The Morgan fingerprint density at radius 1 is 1.02 bits per heavy atom. The van der Waals surface area contributed by atoms with Gasteiger partial charge in [-0.3, -0.25) is 24.0 Å². The van der Waals surface area contributed by atoms with Crippen molar-refractivity contribution in [3.8, 4) is 0 Å². The molecule has 49 heavy (non-hydrogen) atoms. The predicted octanol–water partition coefficient (Wildman–Crippen LogP) is 1.35. The van der Waals surface area contributed by atoms with E-state index in [9.17, 15) is 24.0 Å². The number of hydrogen-bond acceptors (Lipinski definition) is 8. The topological polar surface area (TPSA) is 191 Å². The summed E-state index contributed by atoms with van der Waals surface area (Å²) in [5, 5.41) is 18.4. The molecule has 0 bridgehead atoms. The zero-order chi connectivity index (χ0) is 34.9. The molecule has 14 nitrogen and oxygen atoms in total. The highest BCUT2D eigenvalue weighted by molar-refractivity contribution is 5.96. The molecule has 14 heteroatoms. The molecule has 3 aromatic rings. The normalized spacial score (nSPS) is 22.0. The fourth-order valence-corrected chi connectivity index (χ4v) is 6.49. The Hall–Kier alpha value is -4.85. The summed E-state index contributed by atoms with van der Waals surface area (Å²) in [7, 11) is 0. The standard InChI is InChI=1S/C35H46N8O6/c1-22(2)17-27(32(36)45)38-34(47)29-21-49-20-25-19-37-41-43(25)16-6-5-14-31(44)42-15-8-13-30(42)35(48)39-28(33(46)40-29)18-24-11-7-10-23-9-3-4-12-26(23)24/h3-4,7,9-12,19,22,27-30H,5-6,8,13-18,20-21H2,1-2H3,(H2,36,45)(H,38,47)(H,39,48)(H,40,46)/t27-,28-,29-,30-/m0/s1. The molecule has 1 fully saturated rings. The van der Waals surface area contributed by atoms with Gasteiger partial charge >= 0.3 is 0 Å². The van der Waals surface area contributed by atoms with Crippen LogP contribution in [0.15, 0.2) is 48.7 Å². The van der Waals surface area contributed by atoms with Gasteiger partial charge in [-0.15, -0.1) is 5.10 Å². The van der Waals surface area contributed by atoms with Crippen LogP contribution in [0.3, 0.4) is 0 Å². The van der Waals surface area contributed by atoms with Crippen molar-refractivity contribution in [1.82, 2.24) is 35.8 Å². The molecule has 2 aromatic carbocycles. The van der Waals surface area contributed by atoms with Crippen LogP contribution in [-0.4, -0.2) is 86.7 Å². The number of amides is 5. The maximum absolute atomic E-state index is 14.2. The van der Waals surface area contributed by atoms with Crippen LogP contribution < -0.4 is 21.7 Å². The van der Waals surface area contributed by atoms with Gasteiger partial charge in [-0.2, -0.15) is 0 Å². The SMILES string of the molecule is CC(C)C[C@H](NC(=O)[C@@H]1COCc2cnnn2CCCCC(=O)N2CCC[C@H]2C(=O)N[C@@H](Cc2cccc3ccccc23)C(=O)N1)C(N)=O. The summed E-state index contributed by atoms with van der Waals surface area (Å²) in [6, 6.07) is 9.49. The minimum atomic E-state index is -1.23. The Morgan fingerprint density at radius 3 is 2.61 bits per heavy atom. The number of nitrogens with zero attached hydrogens (tertiary/aromatic N) is 4. The summed E-state index contributed by atoms with van der Waals surface area (Å²) in [6.07, 6.45) is 4.67. The molecule has 0 spiro atoms. The second-order valence-electron chi connectivity index (χ2n) is 13.2. The molecule has 1 saturated heterocycles.